The summed E-state index contributed by atoms with van der Waals surface area (Å²) in [6, 6.07) is 52.2. The summed E-state index contributed by atoms with van der Waals surface area (Å²) in [5, 5.41) is 12.7. The maximum absolute atomic E-state index is 12.7. The zero-order valence-electron chi connectivity index (χ0n) is 47.0. The summed E-state index contributed by atoms with van der Waals surface area (Å²) in [7, 11) is 0. The number of nitrogens with zero attached hydrogens (tertiary/aromatic N) is 3. The molecule has 0 atom stereocenters. The molecule has 324 valence electrons. The second-order valence-corrected chi connectivity index (χ2v) is 19.2. The normalized spacial score (nSPS) is 14.8. The van der Waals surface area contributed by atoms with E-state index in [-0.39, 0.29) is 16.7 Å². The lowest BCUT2D eigenvalue weighted by Crippen LogP contribution is -2.17. The van der Waals surface area contributed by atoms with E-state index in [0.29, 0.717) is 44.8 Å². The molecule has 0 spiro atoms. The molecule has 9 aromatic rings. The van der Waals surface area contributed by atoms with Gasteiger partial charge in [-0.3, -0.25) is 9.55 Å². The lowest BCUT2D eigenvalue weighted by Gasteiger charge is -2.28. The number of phenolic OH excluding ortho intramolecular Hbond substituents is 1. The molecule has 0 bridgehead atoms. The highest BCUT2D eigenvalue weighted by atomic mass is 16.3. The van der Waals surface area contributed by atoms with Crippen molar-refractivity contribution in [2.24, 2.45) is 0 Å². The average molecular weight is 859 g/mol. The summed E-state index contributed by atoms with van der Waals surface area (Å²) < 4.78 is 79.7. The fourth-order valence-electron chi connectivity index (χ4n) is 8.70. The Labute approximate surface area is 398 Å². The summed E-state index contributed by atoms with van der Waals surface area (Å²) in [5.74, 6) is 0.382. The van der Waals surface area contributed by atoms with Gasteiger partial charge in [-0.2, -0.15) is 0 Å². The van der Waals surface area contributed by atoms with Crippen LogP contribution in [0.2, 0.25) is 0 Å². The van der Waals surface area contributed by atoms with E-state index in [1.54, 1.807) is 18.2 Å². The fourth-order valence-corrected chi connectivity index (χ4v) is 8.70. The smallest absolute Gasteiger partial charge is 0.149 e. The van der Waals surface area contributed by atoms with Crippen LogP contribution in [0.4, 0.5) is 0 Å². The van der Waals surface area contributed by atoms with E-state index in [2.05, 4.69) is 82.3 Å². The highest BCUT2D eigenvalue weighted by molar-refractivity contribution is 5.98. The average Bonchev–Trinajstić information content (AvgIpc) is 3.72. The number of rotatable bonds is 7. The molecule has 4 nitrogen and oxygen atoms in total. The van der Waals surface area contributed by atoms with Gasteiger partial charge in [-0.05, 0) is 122 Å². The number of hydrogen-bond donors (Lipinski definition) is 1. The van der Waals surface area contributed by atoms with Crippen molar-refractivity contribution in [2.45, 2.75) is 85.3 Å². The molecule has 4 heteroatoms. The minimum atomic E-state index is -3.49. The van der Waals surface area contributed by atoms with Crippen LogP contribution in [0.25, 0.3) is 83.9 Å². The zero-order valence-corrected chi connectivity index (χ0v) is 38.0. The van der Waals surface area contributed by atoms with E-state index in [9.17, 15) is 5.11 Å². The number of pyridine rings is 1. The molecule has 0 saturated carbocycles. The molecule has 0 aliphatic heterocycles. The fraction of sp³-hybridized carbons (Fsp3) is 0.213. The number of aromatic hydroxyl groups is 1. The second kappa shape index (κ2) is 16.5. The van der Waals surface area contributed by atoms with E-state index in [1.165, 1.54) is 12.1 Å². The van der Waals surface area contributed by atoms with Crippen LogP contribution in [0.3, 0.4) is 0 Å². The number of para-hydroxylation sites is 1. The van der Waals surface area contributed by atoms with Crippen LogP contribution in [0.5, 0.6) is 5.75 Å². The number of aromatic nitrogens is 3. The number of hydrogen-bond acceptors (Lipinski definition) is 3. The number of aryl methyl sites for hydroxylation is 1. The molecule has 9 rings (SSSR count). The van der Waals surface area contributed by atoms with Gasteiger partial charge in [-0.15, -0.1) is 0 Å². The number of phenols is 1. The summed E-state index contributed by atoms with van der Waals surface area (Å²) in [5.41, 5.74) is 8.55. The molecule has 0 aliphatic rings. The van der Waals surface area contributed by atoms with Gasteiger partial charge in [0.15, 0.2) is 0 Å². The van der Waals surface area contributed by atoms with E-state index < -0.39 is 31.4 Å². The van der Waals surface area contributed by atoms with Gasteiger partial charge in [-0.25, -0.2) is 4.98 Å². The summed E-state index contributed by atoms with van der Waals surface area (Å²) in [6.07, 6.45) is 1.83. The molecular formula is C61H59N3O. The van der Waals surface area contributed by atoms with Crippen LogP contribution in [-0.4, -0.2) is 19.6 Å². The molecular weight excluding hydrogens is 791 g/mol. The van der Waals surface area contributed by atoms with Crippen LogP contribution in [0, 0.1) is 6.92 Å². The number of fused-ring (bicyclic) bond motifs is 1. The molecule has 1 N–H and O–H groups in total. The van der Waals surface area contributed by atoms with Gasteiger partial charge in [0, 0.05) is 40.8 Å². The third-order valence-corrected chi connectivity index (χ3v) is 12.2. The van der Waals surface area contributed by atoms with E-state index >= 15 is 0 Å². The Bertz CT molecular complexity index is 3530. The monoisotopic (exact) mass is 859 g/mol. The van der Waals surface area contributed by atoms with Crippen LogP contribution in [-0.2, 0) is 16.2 Å². The van der Waals surface area contributed by atoms with Gasteiger partial charge in [0.1, 0.15) is 11.6 Å². The highest BCUT2D eigenvalue weighted by Crippen LogP contribution is 2.46. The Kier molecular flexibility index (Phi) is 8.50. The summed E-state index contributed by atoms with van der Waals surface area (Å²) in [6.45, 7) is 4.06. The first-order valence-electron chi connectivity index (χ1n) is 26.5. The SMILES string of the molecule is [2H]C([2H])([2H])C(c1ccc(-n2c(-c3cc(C(C)(C)C)cc(C(C)(C)C)c3O)nc3c(-c4cc(-c5ccccc5)cc(-c5cc(-c6cccc(C)c6)ccn5)c4)cccc32)c(-c2ccccc2)c1)(C([2H])([2H])[2H])C([2H])([2H])[2H]. The predicted molar refractivity (Wildman–Crippen MR) is 274 cm³/mol. The Balaban J connectivity index is 1.40. The van der Waals surface area contributed by atoms with Crippen LogP contribution in [0.15, 0.2) is 170 Å². The van der Waals surface area contributed by atoms with Crippen molar-refractivity contribution >= 4 is 11.0 Å². The Hall–Kier alpha value is -7.04. The van der Waals surface area contributed by atoms with E-state index in [4.69, 9.17) is 22.3 Å². The first-order valence-corrected chi connectivity index (χ1v) is 22.0. The Morgan fingerprint density at radius 3 is 1.83 bits per heavy atom. The van der Waals surface area contributed by atoms with Gasteiger partial charge < -0.3 is 5.11 Å². The van der Waals surface area contributed by atoms with Crippen molar-refractivity contribution in [3.05, 3.63) is 192 Å². The van der Waals surface area contributed by atoms with Crippen molar-refractivity contribution in [2.75, 3.05) is 0 Å². The molecule has 2 heterocycles. The third-order valence-electron chi connectivity index (χ3n) is 12.2. The first kappa shape index (κ1) is 33.5. The molecule has 0 saturated heterocycles. The first-order chi connectivity index (χ1) is 34.7. The lowest BCUT2D eigenvalue weighted by atomic mass is 9.79. The largest absolute Gasteiger partial charge is 0.507 e. The highest BCUT2D eigenvalue weighted by Gasteiger charge is 2.30. The predicted octanol–water partition coefficient (Wildman–Crippen LogP) is 16.3. The van der Waals surface area contributed by atoms with Crippen molar-refractivity contribution in [3.63, 3.8) is 0 Å². The van der Waals surface area contributed by atoms with Gasteiger partial charge in [0.25, 0.3) is 0 Å². The summed E-state index contributed by atoms with van der Waals surface area (Å²) >= 11 is 0. The van der Waals surface area contributed by atoms with Crippen LogP contribution >= 0.6 is 0 Å². The van der Waals surface area contributed by atoms with Crippen molar-refractivity contribution in [1.29, 1.82) is 0 Å². The molecule has 2 aromatic heterocycles. The minimum Gasteiger partial charge on any atom is -0.507 e. The van der Waals surface area contributed by atoms with Crippen molar-refractivity contribution < 1.29 is 17.4 Å². The maximum Gasteiger partial charge on any atom is 0.149 e. The molecule has 7 aromatic carbocycles. The Morgan fingerprint density at radius 1 is 0.492 bits per heavy atom. The quantitative estimate of drug-likeness (QED) is 0.174. The molecule has 65 heavy (non-hydrogen) atoms. The van der Waals surface area contributed by atoms with Crippen LogP contribution < -0.4 is 0 Å². The van der Waals surface area contributed by atoms with Crippen molar-refractivity contribution in [1.82, 2.24) is 14.5 Å². The second-order valence-electron chi connectivity index (χ2n) is 19.2. The zero-order chi connectivity index (χ0) is 53.3. The number of imidazole rings is 1. The summed E-state index contributed by atoms with van der Waals surface area (Å²) in [4.78, 5) is 10.5. The van der Waals surface area contributed by atoms with Gasteiger partial charge in [-0.1, -0.05) is 177 Å². The molecule has 0 amide bonds. The molecule has 0 radical (unpaired) electrons. The van der Waals surface area contributed by atoms with Crippen LogP contribution in [0.1, 0.15) is 96.7 Å². The van der Waals surface area contributed by atoms with Gasteiger partial charge in [0.2, 0.25) is 0 Å². The van der Waals surface area contributed by atoms with E-state index in [1.807, 2.05) is 110 Å². The molecule has 0 fully saturated rings. The third kappa shape index (κ3) is 8.54. The molecule has 0 unspecified atom stereocenters. The Morgan fingerprint density at radius 2 is 1.14 bits per heavy atom. The number of benzene rings is 7. The van der Waals surface area contributed by atoms with Gasteiger partial charge in [0.05, 0.1) is 28.0 Å². The molecule has 0 aliphatic carbocycles. The maximum atomic E-state index is 12.7. The standard InChI is InChI=1S/C61H59N3O/c1-39-19-17-24-42(31-39)43-29-30-62-53(35-43)46-33-44(40-20-13-11-14-21-40)32-45(34-46)49-25-18-26-55-56(49)63-58(51-37-48(60(5,6)7)38-52(57(51)65)61(8,9)10)64(55)54-28-27-47(59(2,3)4)36-50(54)41-22-15-12-16-23-41/h11-38,65H,1-10H3/i2D3,3D3,4D3. The topological polar surface area (TPSA) is 50.9 Å². The van der Waals surface area contributed by atoms with Gasteiger partial charge >= 0.3 is 0 Å². The minimum absolute atomic E-state index is 0.0284. The lowest BCUT2D eigenvalue weighted by molar-refractivity contribution is 0.446. The van der Waals surface area contributed by atoms with Crippen molar-refractivity contribution in [3.8, 4) is 78.6 Å². The van der Waals surface area contributed by atoms with E-state index in [0.717, 1.165) is 55.8 Å².